The molecule has 0 spiro atoms. The summed E-state index contributed by atoms with van der Waals surface area (Å²) >= 11 is 0. The molecule has 0 radical (unpaired) electrons. The number of halogens is 2. The Morgan fingerprint density at radius 1 is 0.897 bits per heavy atom. The van der Waals surface area contributed by atoms with E-state index in [1.165, 1.54) is 63.3 Å². The van der Waals surface area contributed by atoms with Gasteiger partial charge in [0.25, 0.3) is 0 Å². The fraction of sp³-hybridized carbons (Fsp3) is 0.667. The molecule has 160 valence electrons. The number of hydrogen-bond donors (Lipinski definition) is 0. The first-order valence-electron chi connectivity index (χ1n) is 11.1. The predicted molar refractivity (Wildman–Crippen MR) is 108 cm³/mol. The summed E-state index contributed by atoms with van der Waals surface area (Å²) in [5, 5.41) is 0. The molecular formula is C24H32F2O3. The summed E-state index contributed by atoms with van der Waals surface area (Å²) in [5.74, 6) is 0.220. The Morgan fingerprint density at radius 3 is 2.28 bits per heavy atom. The zero-order valence-electron chi connectivity index (χ0n) is 17.3. The van der Waals surface area contributed by atoms with E-state index in [0.29, 0.717) is 12.7 Å². The summed E-state index contributed by atoms with van der Waals surface area (Å²) in [5.41, 5.74) is 1.18. The first-order valence-corrected chi connectivity index (χ1v) is 11.1. The van der Waals surface area contributed by atoms with Gasteiger partial charge in [-0.2, -0.15) is 8.78 Å². The zero-order chi connectivity index (χ0) is 20.2. The summed E-state index contributed by atoms with van der Waals surface area (Å²) < 4.78 is 44.2. The van der Waals surface area contributed by atoms with Gasteiger partial charge in [-0.05, 0) is 93.2 Å². The Morgan fingerprint density at radius 2 is 1.62 bits per heavy atom. The van der Waals surface area contributed by atoms with Crippen LogP contribution in [0.2, 0.25) is 0 Å². The van der Waals surface area contributed by atoms with E-state index in [-0.39, 0.29) is 11.5 Å². The van der Waals surface area contributed by atoms with E-state index in [1.54, 1.807) is 0 Å². The second-order valence-corrected chi connectivity index (χ2v) is 8.89. The molecule has 5 heteroatoms. The molecule has 0 aliphatic heterocycles. The van der Waals surface area contributed by atoms with Crippen LogP contribution < -0.4 is 9.47 Å². The second kappa shape index (κ2) is 9.46. The normalized spacial score (nSPS) is 27.4. The van der Waals surface area contributed by atoms with Crippen molar-refractivity contribution in [3.05, 3.63) is 35.4 Å². The topological polar surface area (TPSA) is 27.7 Å². The van der Waals surface area contributed by atoms with Gasteiger partial charge < -0.3 is 14.2 Å². The van der Waals surface area contributed by atoms with Crippen LogP contribution in [-0.4, -0.2) is 26.4 Å². The molecule has 2 saturated carbocycles. The predicted octanol–water partition coefficient (Wildman–Crippen LogP) is 6.06. The minimum atomic E-state index is -1.00. The summed E-state index contributed by atoms with van der Waals surface area (Å²) in [7, 11) is 1.31. The lowest BCUT2D eigenvalue weighted by Crippen LogP contribution is -2.27. The third-order valence-corrected chi connectivity index (χ3v) is 6.84. The van der Waals surface area contributed by atoms with E-state index in [2.05, 4.69) is 6.08 Å². The average molecular weight is 407 g/mol. The van der Waals surface area contributed by atoms with Crippen LogP contribution in [0.3, 0.4) is 0 Å². The monoisotopic (exact) mass is 406 g/mol. The van der Waals surface area contributed by atoms with Crippen LogP contribution in [0.4, 0.5) is 8.78 Å². The van der Waals surface area contributed by atoms with Gasteiger partial charge in [0.1, 0.15) is 6.61 Å². The molecule has 1 unspecified atom stereocenters. The van der Waals surface area contributed by atoms with Crippen LogP contribution in [0.25, 0.3) is 0 Å². The van der Waals surface area contributed by atoms with Crippen molar-refractivity contribution in [2.45, 2.75) is 63.9 Å². The highest BCUT2D eigenvalue weighted by molar-refractivity contribution is 5.35. The van der Waals surface area contributed by atoms with Gasteiger partial charge in [0.15, 0.2) is 11.5 Å². The Labute approximate surface area is 172 Å². The quantitative estimate of drug-likeness (QED) is 0.491. The molecule has 3 nitrogen and oxygen atoms in total. The Kier molecular flexibility index (Phi) is 6.74. The van der Waals surface area contributed by atoms with Gasteiger partial charge in [0.2, 0.25) is 11.6 Å². The maximum absolute atomic E-state index is 14.0. The van der Waals surface area contributed by atoms with E-state index in [9.17, 15) is 8.78 Å². The molecule has 1 atom stereocenters. The smallest absolute Gasteiger partial charge is 0.204 e. The van der Waals surface area contributed by atoms with E-state index < -0.39 is 11.6 Å². The molecule has 4 rings (SSSR count). The Balaban J connectivity index is 1.21. The maximum atomic E-state index is 14.0. The standard InChI is InChI=1S/C24H32F2O3/c1-27-21-12-13-22(24(26)23(21)25)29-15-17-4-6-18(7-5-17)19-8-10-20(11-9-19)28-14-16-2-3-16/h4,12-13,16,18-20H,2-3,5-11,14-15H2,1H3. The van der Waals surface area contributed by atoms with Crippen molar-refractivity contribution in [2.24, 2.45) is 17.8 Å². The number of ether oxygens (including phenoxy) is 3. The highest BCUT2D eigenvalue weighted by Crippen LogP contribution is 2.39. The highest BCUT2D eigenvalue weighted by Gasteiger charge is 2.30. The van der Waals surface area contributed by atoms with Gasteiger partial charge in [-0.15, -0.1) is 0 Å². The summed E-state index contributed by atoms with van der Waals surface area (Å²) in [6, 6.07) is 2.82. The van der Waals surface area contributed by atoms with Crippen molar-refractivity contribution < 1.29 is 23.0 Å². The van der Waals surface area contributed by atoms with Gasteiger partial charge >= 0.3 is 0 Å². The molecular weight excluding hydrogens is 374 g/mol. The number of methoxy groups -OCH3 is 1. The summed E-state index contributed by atoms with van der Waals surface area (Å²) in [6.07, 6.45) is 13.6. The second-order valence-electron chi connectivity index (χ2n) is 8.89. The molecule has 29 heavy (non-hydrogen) atoms. The summed E-state index contributed by atoms with van der Waals surface area (Å²) in [4.78, 5) is 0. The van der Waals surface area contributed by atoms with Crippen molar-refractivity contribution in [1.29, 1.82) is 0 Å². The first kappa shape index (κ1) is 20.6. The molecule has 1 aromatic rings. The number of allylic oxidation sites excluding steroid dienone is 1. The van der Waals surface area contributed by atoms with E-state index in [4.69, 9.17) is 14.2 Å². The molecule has 0 bridgehead atoms. The lowest BCUT2D eigenvalue weighted by atomic mass is 9.73. The van der Waals surface area contributed by atoms with Crippen molar-refractivity contribution in [2.75, 3.05) is 20.3 Å². The Bertz CT molecular complexity index is 721. The largest absolute Gasteiger partial charge is 0.494 e. The van der Waals surface area contributed by atoms with Crippen molar-refractivity contribution in [1.82, 2.24) is 0 Å². The molecule has 1 aromatic carbocycles. The van der Waals surface area contributed by atoms with Crippen LogP contribution in [-0.2, 0) is 4.74 Å². The van der Waals surface area contributed by atoms with Crippen LogP contribution in [0, 0.1) is 29.4 Å². The average Bonchev–Trinajstić information content (AvgIpc) is 3.59. The zero-order valence-corrected chi connectivity index (χ0v) is 17.3. The van der Waals surface area contributed by atoms with E-state index in [1.807, 2.05) is 0 Å². The maximum Gasteiger partial charge on any atom is 0.204 e. The minimum absolute atomic E-state index is 0.0594. The van der Waals surface area contributed by atoms with Gasteiger partial charge in [-0.25, -0.2) is 0 Å². The SMILES string of the molecule is COc1ccc(OCC2=CCC(C3CCC(OCC4CC4)CC3)CC2)c(F)c1F. The Hall–Kier alpha value is -1.62. The van der Waals surface area contributed by atoms with Crippen LogP contribution in [0.5, 0.6) is 11.5 Å². The van der Waals surface area contributed by atoms with Crippen LogP contribution in [0.15, 0.2) is 23.8 Å². The lowest BCUT2D eigenvalue weighted by molar-refractivity contribution is 0.00504. The molecule has 0 aromatic heterocycles. The molecule has 3 aliphatic carbocycles. The van der Waals surface area contributed by atoms with E-state index >= 15 is 0 Å². The van der Waals surface area contributed by atoms with Crippen molar-refractivity contribution in [3.8, 4) is 11.5 Å². The fourth-order valence-corrected chi connectivity index (χ4v) is 4.70. The number of rotatable bonds is 8. The fourth-order valence-electron chi connectivity index (χ4n) is 4.70. The lowest BCUT2D eigenvalue weighted by Gasteiger charge is -2.35. The highest BCUT2D eigenvalue weighted by atomic mass is 19.2. The molecule has 3 aliphatic rings. The van der Waals surface area contributed by atoms with Crippen molar-refractivity contribution >= 4 is 0 Å². The van der Waals surface area contributed by atoms with Gasteiger partial charge in [-0.3, -0.25) is 0 Å². The van der Waals surface area contributed by atoms with Gasteiger partial charge in [0.05, 0.1) is 13.2 Å². The first-order chi connectivity index (χ1) is 14.1. The van der Waals surface area contributed by atoms with Gasteiger partial charge in [-0.1, -0.05) is 6.08 Å². The third kappa shape index (κ3) is 5.30. The van der Waals surface area contributed by atoms with Crippen LogP contribution >= 0.6 is 0 Å². The van der Waals surface area contributed by atoms with E-state index in [0.717, 1.165) is 43.6 Å². The van der Waals surface area contributed by atoms with Crippen molar-refractivity contribution in [3.63, 3.8) is 0 Å². The molecule has 2 fully saturated rings. The molecule has 0 saturated heterocycles. The molecule has 0 heterocycles. The minimum Gasteiger partial charge on any atom is -0.494 e. The summed E-state index contributed by atoms with van der Waals surface area (Å²) in [6.45, 7) is 1.29. The molecule has 0 N–H and O–H groups in total. The number of hydrogen-bond acceptors (Lipinski definition) is 3. The molecule has 0 amide bonds. The number of benzene rings is 1. The van der Waals surface area contributed by atoms with Gasteiger partial charge in [0, 0.05) is 6.61 Å². The third-order valence-electron chi connectivity index (χ3n) is 6.84. The van der Waals surface area contributed by atoms with Crippen LogP contribution in [0.1, 0.15) is 57.8 Å².